The van der Waals surface area contributed by atoms with Crippen molar-refractivity contribution in [1.29, 1.82) is 0 Å². The molecule has 110 valence electrons. The maximum atomic E-state index is 3.95. The summed E-state index contributed by atoms with van der Waals surface area (Å²) in [6.07, 6.45) is 1.91. The topological polar surface area (TPSA) is 15.8 Å². The Labute approximate surface area is 135 Å². The quantitative estimate of drug-likeness (QED) is 0.467. The van der Waals surface area contributed by atoms with E-state index in [1.807, 2.05) is 12.1 Å². The summed E-state index contributed by atoms with van der Waals surface area (Å²) >= 11 is 0. The fraction of sp³-hybridized carbons (Fsp3) is 0. The molecule has 0 aliphatic heterocycles. The van der Waals surface area contributed by atoms with Gasteiger partial charge in [-0.15, -0.1) is 0 Å². The predicted molar refractivity (Wildman–Crippen MR) is 99.3 cm³/mol. The van der Waals surface area contributed by atoms with Gasteiger partial charge < -0.3 is 4.98 Å². The number of para-hydroxylation sites is 1. The molecule has 0 amide bonds. The molecule has 0 aliphatic carbocycles. The van der Waals surface area contributed by atoms with Crippen LogP contribution in [-0.2, 0) is 0 Å². The summed E-state index contributed by atoms with van der Waals surface area (Å²) < 4.78 is 0. The van der Waals surface area contributed by atoms with Crippen molar-refractivity contribution in [3.8, 4) is 22.4 Å². The minimum atomic E-state index is 1.13. The van der Waals surface area contributed by atoms with Crippen molar-refractivity contribution >= 4 is 17.0 Å². The molecule has 0 radical (unpaired) electrons. The number of nitrogens with one attached hydrogen (secondary N) is 1. The lowest BCUT2D eigenvalue weighted by Crippen LogP contribution is -1.82. The Bertz CT molecular complexity index is 963. The van der Waals surface area contributed by atoms with Crippen molar-refractivity contribution in [2.75, 3.05) is 0 Å². The number of fused-ring (bicyclic) bond motifs is 1. The molecule has 0 bridgehead atoms. The first-order valence-electron chi connectivity index (χ1n) is 7.76. The maximum Gasteiger partial charge on any atom is 0.0544 e. The summed E-state index contributed by atoms with van der Waals surface area (Å²) in [4.78, 5) is 3.63. The van der Waals surface area contributed by atoms with Crippen molar-refractivity contribution in [3.05, 3.63) is 91.0 Å². The van der Waals surface area contributed by atoms with Crippen molar-refractivity contribution in [1.82, 2.24) is 4.98 Å². The molecule has 1 heterocycles. The zero-order valence-corrected chi connectivity index (χ0v) is 12.8. The van der Waals surface area contributed by atoms with E-state index in [1.54, 1.807) is 0 Å². The lowest BCUT2D eigenvalue weighted by atomic mass is 9.98. The molecule has 4 rings (SSSR count). The maximum absolute atomic E-state index is 3.95. The molecule has 1 heteroatoms. The van der Waals surface area contributed by atoms with E-state index < -0.39 is 0 Å². The number of hydrogen-bond acceptors (Lipinski definition) is 0. The minimum absolute atomic E-state index is 1.13. The van der Waals surface area contributed by atoms with Crippen molar-refractivity contribution in [3.63, 3.8) is 0 Å². The summed E-state index contributed by atoms with van der Waals surface area (Å²) in [6.45, 7) is 3.95. The standard InChI is InChI=1S/C22H17N/c1-2-16-14-9-15-19-20(17-10-5-3-6-11-17)22(23-21(16)19)18-12-7-4-8-13-18/h2-15,23H,1H2. The second kappa shape index (κ2) is 5.62. The molecule has 4 aromatic rings. The van der Waals surface area contributed by atoms with E-state index in [0.717, 1.165) is 16.8 Å². The van der Waals surface area contributed by atoms with Crippen molar-refractivity contribution in [2.24, 2.45) is 0 Å². The van der Waals surface area contributed by atoms with E-state index in [-0.39, 0.29) is 0 Å². The van der Waals surface area contributed by atoms with Gasteiger partial charge in [-0.2, -0.15) is 0 Å². The van der Waals surface area contributed by atoms with Gasteiger partial charge in [-0.25, -0.2) is 0 Å². The van der Waals surface area contributed by atoms with Crippen LogP contribution in [0, 0.1) is 0 Å². The van der Waals surface area contributed by atoms with Crippen LogP contribution in [0.4, 0.5) is 0 Å². The van der Waals surface area contributed by atoms with Gasteiger partial charge >= 0.3 is 0 Å². The number of hydrogen-bond donors (Lipinski definition) is 1. The number of benzene rings is 3. The fourth-order valence-electron chi connectivity index (χ4n) is 3.14. The van der Waals surface area contributed by atoms with E-state index in [2.05, 4.69) is 84.4 Å². The molecular formula is C22H17N. The Balaban J connectivity index is 2.11. The average molecular weight is 295 g/mol. The Morgan fingerprint density at radius 3 is 2.00 bits per heavy atom. The largest absolute Gasteiger partial charge is 0.354 e. The van der Waals surface area contributed by atoms with Gasteiger partial charge in [0.1, 0.15) is 0 Å². The summed E-state index contributed by atoms with van der Waals surface area (Å²) in [6, 6.07) is 27.4. The van der Waals surface area contributed by atoms with E-state index in [0.29, 0.717) is 0 Å². The molecule has 0 unspecified atom stereocenters. The zero-order chi connectivity index (χ0) is 15.6. The van der Waals surface area contributed by atoms with E-state index in [4.69, 9.17) is 0 Å². The summed E-state index contributed by atoms with van der Waals surface area (Å²) in [5.74, 6) is 0. The lowest BCUT2D eigenvalue weighted by molar-refractivity contribution is 1.44. The van der Waals surface area contributed by atoms with Crippen LogP contribution in [0.5, 0.6) is 0 Å². The Kier molecular flexibility index (Phi) is 3.32. The molecule has 3 aromatic carbocycles. The molecule has 1 aromatic heterocycles. The summed E-state index contributed by atoms with van der Waals surface area (Å²) in [5, 5.41) is 1.23. The Morgan fingerprint density at radius 1 is 0.696 bits per heavy atom. The van der Waals surface area contributed by atoms with Gasteiger partial charge in [0.15, 0.2) is 0 Å². The van der Waals surface area contributed by atoms with Gasteiger partial charge in [-0.05, 0) is 16.7 Å². The van der Waals surface area contributed by atoms with E-state index in [1.165, 1.54) is 22.1 Å². The SMILES string of the molecule is C=Cc1cccc2c(-c3ccccc3)c(-c3ccccc3)[nH]c12. The second-order valence-electron chi connectivity index (χ2n) is 5.58. The van der Waals surface area contributed by atoms with Gasteiger partial charge in [-0.1, -0.05) is 91.5 Å². The smallest absolute Gasteiger partial charge is 0.0544 e. The molecule has 1 nitrogen and oxygen atoms in total. The third-order valence-electron chi connectivity index (χ3n) is 4.21. The Morgan fingerprint density at radius 2 is 1.35 bits per heavy atom. The highest BCUT2D eigenvalue weighted by atomic mass is 14.7. The predicted octanol–water partition coefficient (Wildman–Crippen LogP) is 6.14. The fourth-order valence-corrected chi connectivity index (χ4v) is 3.14. The van der Waals surface area contributed by atoms with Gasteiger partial charge in [0.25, 0.3) is 0 Å². The van der Waals surface area contributed by atoms with Crippen LogP contribution in [0.3, 0.4) is 0 Å². The molecule has 0 saturated heterocycles. The zero-order valence-electron chi connectivity index (χ0n) is 12.8. The number of aromatic nitrogens is 1. The normalized spacial score (nSPS) is 10.8. The Hall–Kier alpha value is -3.06. The van der Waals surface area contributed by atoms with Gasteiger partial charge in [0, 0.05) is 10.9 Å². The first kappa shape index (κ1) is 13.6. The highest BCUT2D eigenvalue weighted by Crippen LogP contribution is 2.39. The van der Waals surface area contributed by atoms with Gasteiger partial charge in [0.05, 0.1) is 11.2 Å². The third-order valence-corrected chi connectivity index (χ3v) is 4.21. The van der Waals surface area contributed by atoms with Crippen molar-refractivity contribution < 1.29 is 0 Å². The van der Waals surface area contributed by atoms with Gasteiger partial charge in [0.2, 0.25) is 0 Å². The molecule has 0 atom stereocenters. The molecule has 23 heavy (non-hydrogen) atoms. The summed E-state index contributed by atoms with van der Waals surface area (Å²) in [5.41, 5.74) is 7.08. The van der Waals surface area contributed by atoms with Crippen LogP contribution >= 0.6 is 0 Å². The lowest BCUT2D eigenvalue weighted by Gasteiger charge is -2.05. The highest BCUT2D eigenvalue weighted by molar-refractivity contribution is 6.06. The van der Waals surface area contributed by atoms with Crippen molar-refractivity contribution in [2.45, 2.75) is 0 Å². The minimum Gasteiger partial charge on any atom is -0.354 e. The molecule has 0 spiro atoms. The van der Waals surface area contributed by atoms with Crippen LogP contribution in [0.2, 0.25) is 0 Å². The highest BCUT2D eigenvalue weighted by Gasteiger charge is 2.15. The van der Waals surface area contributed by atoms with E-state index >= 15 is 0 Å². The van der Waals surface area contributed by atoms with Crippen LogP contribution in [0.15, 0.2) is 85.4 Å². The van der Waals surface area contributed by atoms with Crippen LogP contribution < -0.4 is 0 Å². The number of rotatable bonds is 3. The van der Waals surface area contributed by atoms with Crippen LogP contribution in [0.1, 0.15) is 5.56 Å². The first-order valence-corrected chi connectivity index (χ1v) is 7.76. The average Bonchev–Trinajstić information content (AvgIpc) is 3.02. The summed E-state index contributed by atoms with van der Waals surface area (Å²) in [7, 11) is 0. The molecule has 0 fully saturated rings. The third kappa shape index (κ3) is 2.27. The monoisotopic (exact) mass is 295 g/mol. The molecule has 0 saturated carbocycles. The first-order chi connectivity index (χ1) is 11.4. The van der Waals surface area contributed by atoms with Crippen LogP contribution in [0.25, 0.3) is 39.4 Å². The molecule has 0 aliphatic rings. The van der Waals surface area contributed by atoms with E-state index in [9.17, 15) is 0 Å². The van der Waals surface area contributed by atoms with Gasteiger partial charge in [-0.3, -0.25) is 0 Å². The second-order valence-corrected chi connectivity index (χ2v) is 5.58. The number of aromatic amines is 1. The molecular weight excluding hydrogens is 278 g/mol. The van der Waals surface area contributed by atoms with Crippen LogP contribution in [-0.4, -0.2) is 4.98 Å². The number of H-pyrrole nitrogens is 1. The molecule has 1 N–H and O–H groups in total.